The lowest BCUT2D eigenvalue weighted by Crippen LogP contribution is -2.25. The van der Waals surface area contributed by atoms with E-state index < -0.39 is 0 Å². The summed E-state index contributed by atoms with van der Waals surface area (Å²) in [5.41, 5.74) is 14.9. The van der Waals surface area contributed by atoms with Gasteiger partial charge in [-0.25, -0.2) is 4.98 Å². The van der Waals surface area contributed by atoms with Gasteiger partial charge in [-0.2, -0.15) is 0 Å². The van der Waals surface area contributed by atoms with E-state index in [1.165, 1.54) is 0 Å². The average Bonchev–Trinajstić information content (AvgIpc) is 3.37. The number of benzene rings is 4. The second-order valence-electron chi connectivity index (χ2n) is 16.6. The quantitative estimate of drug-likeness (QED) is 0.144. The third-order valence-corrected chi connectivity index (χ3v) is 12.5. The molecule has 0 bridgehead atoms. The molecule has 11 aromatic rings. The number of nitrogens with one attached hydrogen (secondary N) is 1. The number of nitrogens with two attached hydrogens (primary N) is 1. The van der Waals surface area contributed by atoms with Crippen LogP contribution < -0.4 is 22.2 Å². The average molecular weight is 910 g/mol. The van der Waals surface area contributed by atoms with E-state index in [-0.39, 0.29) is 23.1 Å². The Morgan fingerprint density at radius 3 is 1.94 bits per heavy atom. The zero-order chi connectivity index (χ0) is 46.7. The van der Waals surface area contributed by atoms with Crippen LogP contribution in [0, 0.1) is 0 Å². The molecule has 0 unspecified atom stereocenters. The van der Waals surface area contributed by atoms with E-state index in [4.69, 9.17) is 17.3 Å². The van der Waals surface area contributed by atoms with Gasteiger partial charge in [-0.3, -0.25) is 38.7 Å². The molecule has 3 N–H and O–H groups in total. The first kappa shape index (κ1) is 43.4. The summed E-state index contributed by atoms with van der Waals surface area (Å²) in [5.74, 6) is 0.442. The van der Waals surface area contributed by atoms with Gasteiger partial charge in [0.15, 0.2) is 0 Å². The van der Waals surface area contributed by atoms with Gasteiger partial charge >= 0.3 is 0 Å². The molecule has 0 aliphatic carbocycles. The Morgan fingerprint density at radius 2 is 1.21 bits per heavy atom. The second-order valence-corrected chi connectivity index (χ2v) is 17.0. The fourth-order valence-electron chi connectivity index (χ4n) is 8.90. The SMILES string of the molecule is C[C@H](Cc1nccc2cccnc12)c1cc2cccc(-c3ccc(N)nc3)c2c(=O)n1-c1ccccc1.C[C@H](Nc1ccnc2cccnc12)c1cc2cccc(Cl)c2c(=O)n1-c1ccccc1. The Kier molecular flexibility index (Phi) is 12.0. The van der Waals surface area contributed by atoms with Gasteiger partial charge in [0.2, 0.25) is 0 Å². The lowest BCUT2D eigenvalue weighted by molar-refractivity contribution is 0.688. The molecule has 2 atom stereocenters. The molecule has 7 heterocycles. The van der Waals surface area contributed by atoms with Crippen molar-refractivity contribution in [1.82, 2.24) is 34.1 Å². The molecule has 0 fully saturated rings. The van der Waals surface area contributed by atoms with Crippen molar-refractivity contribution in [3.63, 3.8) is 0 Å². The van der Waals surface area contributed by atoms with Crippen molar-refractivity contribution in [3.8, 4) is 22.5 Å². The first-order chi connectivity index (χ1) is 33.2. The highest BCUT2D eigenvalue weighted by atomic mass is 35.5. The van der Waals surface area contributed by atoms with Crippen molar-refractivity contribution >= 4 is 66.6 Å². The van der Waals surface area contributed by atoms with Gasteiger partial charge < -0.3 is 11.1 Å². The number of fused-ring (bicyclic) bond motifs is 4. The molecule has 68 heavy (non-hydrogen) atoms. The molecule has 7 aromatic heterocycles. The third kappa shape index (κ3) is 8.42. The van der Waals surface area contributed by atoms with Crippen molar-refractivity contribution in [3.05, 3.63) is 232 Å². The zero-order valence-corrected chi connectivity index (χ0v) is 37.9. The largest absolute Gasteiger partial charge is 0.384 e. The molecular formula is C56H44ClN9O2. The molecule has 4 aromatic carbocycles. The number of rotatable bonds is 9. The van der Waals surface area contributed by atoms with E-state index in [1.54, 1.807) is 41.5 Å². The number of anilines is 2. The Morgan fingerprint density at radius 1 is 0.574 bits per heavy atom. The number of halogens is 1. The minimum absolute atomic E-state index is 0.000686. The summed E-state index contributed by atoms with van der Waals surface area (Å²) < 4.78 is 3.56. The van der Waals surface area contributed by atoms with Crippen LogP contribution in [0.3, 0.4) is 0 Å². The topological polar surface area (TPSA) is 146 Å². The summed E-state index contributed by atoms with van der Waals surface area (Å²) in [6.45, 7) is 4.16. The van der Waals surface area contributed by atoms with Crippen LogP contribution in [0.4, 0.5) is 11.5 Å². The molecule has 0 aliphatic heterocycles. The smallest absolute Gasteiger partial charge is 0.264 e. The Balaban J connectivity index is 0.000000161. The van der Waals surface area contributed by atoms with E-state index in [0.717, 1.165) is 78.0 Å². The maximum Gasteiger partial charge on any atom is 0.264 e. The fourth-order valence-corrected chi connectivity index (χ4v) is 9.17. The molecule has 11 nitrogen and oxygen atoms in total. The molecule has 12 heteroatoms. The van der Waals surface area contributed by atoms with Crippen LogP contribution in [0.1, 0.15) is 42.9 Å². The van der Waals surface area contributed by atoms with Gasteiger partial charge in [-0.15, -0.1) is 0 Å². The normalized spacial score (nSPS) is 12.2. The number of hydrogen-bond acceptors (Lipinski definition) is 9. The summed E-state index contributed by atoms with van der Waals surface area (Å²) in [6.07, 6.45) is 9.48. The monoisotopic (exact) mass is 909 g/mol. The van der Waals surface area contributed by atoms with Crippen LogP contribution in [-0.4, -0.2) is 34.1 Å². The maximum absolute atomic E-state index is 14.3. The first-order valence-corrected chi connectivity index (χ1v) is 22.6. The number of aromatic nitrogens is 7. The second kappa shape index (κ2) is 18.7. The van der Waals surface area contributed by atoms with Gasteiger partial charge in [0, 0.05) is 70.6 Å². The predicted molar refractivity (Wildman–Crippen MR) is 275 cm³/mol. The van der Waals surface area contributed by atoms with Crippen LogP contribution in [-0.2, 0) is 6.42 Å². The lowest BCUT2D eigenvalue weighted by atomic mass is 9.94. The molecule has 0 amide bonds. The van der Waals surface area contributed by atoms with Crippen molar-refractivity contribution in [1.29, 1.82) is 0 Å². The lowest BCUT2D eigenvalue weighted by Gasteiger charge is -2.22. The van der Waals surface area contributed by atoms with Crippen LogP contribution in [0.2, 0.25) is 5.02 Å². The Labute approximate surface area is 396 Å². The van der Waals surface area contributed by atoms with Crippen molar-refractivity contribution in [2.75, 3.05) is 11.1 Å². The van der Waals surface area contributed by atoms with Gasteiger partial charge in [0.25, 0.3) is 11.1 Å². The van der Waals surface area contributed by atoms with E-state index in [2.05, 4.69) is 43.2 Å². The minimum atomic E-state index is -0.191. The van der Waals surface area contributed by atoms with E-state index in [0.29, 0.717) is 28.0 Å². The molecule has 0 spiro atoms. The molecular weight excluding hydrogens is 866 g/mol. The van der Waals surface area contributed by atoms with E-state index in [1.807, 2.05) is 157 Å². The summed E-state index contributed by atoms with van der Waals surface area (Å²) in [4.78, 5) is 50.2. The molecule has 0 aliphatic rings. The van der Waals surface area contributed by atoms with Crippen LogP contribution >= 0.6 is 11.6 Å². The maximum atomic E-state index is 14.3. The summed E-state index contributed by atoms with van der Waals surface area (Å²) in [6, 6.07) is 50.1. The predicted octanol–water partition coefficient (Wildman–Crippen LogP) is 11.7. The van der Waals surface area contributed by atoms with Crippen molar-refractivity contribution < 1.29 is 0 Å². The zero-order valence-electron chi connectivity index (χ0n) is 37.2. The number of para-hydroxylation sites is 2. The minimum Gasteiger partial charge on any atom is -0.384 e. The summed E-state index contributed by atoms with van der Waals surface area (Å²) in [5, 5.41) is 7.89. The van der Waals surface area contributed by atoms with Gasteiger partial charge in [0.1, 0.15) is 11.3 Å². The van der Waals surface area contributed by atoms with Crippen LogP contribution in [0.5, 0.6) is 0 Å². The number of pyridine rings is 7. The third-order valence-electron chi connectivity index (χ3n) is 12.1. The molecule has 332 valence electrons. The number of nitrogens with zero attached hydrogens (tertiary/aromatic N) is 7. The number of hydrogen-bond donors (Lipinski definition) is 2. The van der Waals surface area contributed by atoms with Crippen LogP contribution in [0.25, 0.3) is 66.0 Å². The highest BCUT2D eigenvalue weighted by Crippen LogP contribution is 2.32. The van der Waals surface area contributed by atoms with E-state index >= 15 is 0 Å². The van der Waals surface area contributed by atoms with Crippen molar-refractivity contribution in [2.45, 2.75) is 32.2 Å². The van der Waals surface area contributed by atoms with Crippen LogP contribution in [0.15, 0.2) is 198 Å². The number of nitrogen functional groups attached to an aromatic ring is 1. The van der Waals surface area contributed by atoms with Gasteiger partial charge in [-0.05, 0) is 115 Å². The van der Waals surface area contributed by atoms with Gasteiger partial charge in [-0.1, -0.05) is 91.3 Å². The Bertz CT molecular complexity index is 3740. The van der Waals surface area contributed by atoms with Crippen molar-refractivity contribution in [2.24, 2.45) is 0 Å². The molecule has 0 saturated carbocycles. The van der Waals surface area contributed by atoms with Gasteiger partial charge in [0.05, 0.1) is 44.3 Å². The molecule has 11 rings (SSSR count). The summed E-state index contributed by atoms with van der Waals surface area (Å²) in [7, 11) is 0. The molecule has 0 saturated heterocycles. The molecule has 0 radical (unpaired) electrons. The summed E-state index contributed by atoms with van der Waals surface area (Å²) >= 11 is 6.40. The highest BCUT2D eigenvalue weighted by molar-refractivity contribution is 6.35. The van der Waals surface area contributed by atoms with E-state index in [9.17, 15) is 9.59 Å². The Hall–Kier alpha value is -8.54. The highest BCUT2D eigenvalue weighted by Gasteiger charge is 2.22. The standard InChI is InChI=1S/C31H25N5O.C25H19ClN4O/c1-20(17-26-30-21(14-16-33-26)8-6-15-34-30)27-18-22-7-5-11-25(23-12-13-28(32)35-19-23)29(22)31(37)36(27)24-9-3-2-4-10-24;1-16(29-21-12-14-27-20-11-6-13-28-24(20)21)22-15-17-7-5-10-19(26)23(17)25(31)30(22)18-8-3-2-4-9-18/h2-16,18-20H,17H2,1H3,(H2,32,35);2-16H,1H3,(H,27,29)/t20-;16-/m10/s1. The first-order valence-electron chi connectivity index (χ1n) is 22.2. The fraction of sp³-hybridized carbons (Fsp3) is 0.0893.